The number of thioether (sulfide) groups is 1. The third kappa shape index (κ3) is 7.41. The minimum absolute atomic E-state index is 0.116. The SMILES string of the molecule is CC=CCSCC(NC(=O)OCc1ccccc1)C(=O)O. The highest BCUT2D eigenvalue weighted by molar-refractivity contribution is 7.99. The lowest BCUT2D eigenvalue weighted by molar-refractivity contribution is -0.138. The Kier molecular flexibility index (Phi) is 8.04. The molecule has 0 fully saturated rings. The van der Waals surface area contributed by atoms with Gasteiger partial charge in [-0.15, -0.1) is 0 Å². The zero-order valence-electron chi connectivity index (χ0n) is 11.8. The van der Waals surface area contributed by atoms with Gasteiger partial charge in [-0.05, 0) is 12.5 Å². The number of hydrogen-bond acceptors (Lipinski definition) is 4. The van der Waals surface area contributed by atoms with E-state index in [-0.39, 0.29) is 6.61 Å². The standard InChI is InChI=1S/C15H19NO4S/c1-2-3-9-21-11-13(14(17)18)16-15(19)20-10-12-7-5-4-6-8-12/h2-8,13H,9-11H2,1H3,(H,16,19)(H,17,18). The van der Waals surface area contributed by atoms with Gasteiger partial charge in [0.05, 0.1) is 0 Å². The van der Waals surface area contributed by atoms with Crippen LogP contribution in [0.4, 0.5) is 4.79 Å². The summed E-state index contributed by atoms with van der Waals surface area (Å²) in [5.41, 5.74) is 0.849. The van der Waals surface area contributed by atoms with Gasteiger partial charge in [0.1, 0.15) is 12.6 Å². The molecule has 0 heterocycles. The summed E-state index contributed by atoms with van der Waals surface area (Å²) in [5, 5.41) is 11.4. The van der Waals surface area contributed by atoms with Crippen LogP contribution in [0.5, 0.6) is 0 Å². The topological polar surface area (TPSA) is 75.6 Å². The Morgan fingerprint density at radius 2 is 2.10 bits per heavy atom. The number of aliphatic carboxylic acids is 1. The predicted octanol–water partition coefficient (Wildman–Crippen LogP) is 2.68. The predicted molar refractivity (Wildman–Crippen MR) is 83.3 cm³/mol. The number of hydrogen-bond donors (Lipinski definition) is 2. The van der Waals surface area contributed by atoms with E-state index in [2.05, 4.69) is 5.32 Å². The molecular formula is C15H19NO4S. The number of amides is 1. The Morgan fingerprint density at radius 1 is 1.38 bits per heavy atom. The van der Waals surface area contributed by atoms with Gasteiger partial charge < -0.3 is 15.2 Å². The van der Waals surface area contributed by atoms with E-state index in [0.29, 0.717) is 11.5 Å². The molecule has 2 N–H and O–H groups in total. The van der Waals surface area contributed by atoms with Crippen LogP contribution < -0.4 is 5.32 Å². The summed E-state index contributed by atoms with van der Waals surface area (Å²) in [6.45, 7) is 2.01. The fourth-order valence-corrected chi connectivity index (χ4v) is 2.36. The van der Waals surface area contributed by atoms with Crippen LogP contribution in [-0.2, 0) is 16.1 Å². The summed E-state index contributed by atoms with van der Waals surface area (Å²) in [7, 11) is 0. The van der Waals surface area contributed by atoms with E-state index in [1.807, 2.05) is 49.4 Å². The molecule has 0 saturated heterocycles. The van der Waals surface area contributed by atoms with E-state index >= 15 is 0 Å². The van der Waals surface area contributed by atoms with E-state index in [4.69, 9.17) is 9.84 Å². The Bertz CT molecular complexity index is 476. The molecule has 114 valence electrons. The van der Waals surface area contributed by atoms with Gasteiger partial charge in [0.25, 0.3) is 0 Å². The lowest BCUT2D eigenvalue weighted by atomic mass is 10.2. The molecule has 1 unspecified atom stereocenters. The summed E-state index contributed by atoms with van der Waals surface area (Å²) in [4.78, 5) is 22.7. The van der Waals surface area contributed by atoms with Gasteiger partial charge in [0.15, 0.2) is 0 Å². The van der Waals surface area contributed by atoms with Crippen molar-refractivity contribution in [3.8, 4) is 0 Å². The fraction of sp³-hybridized carbons (Fsp3) is 0.333. The van der Waals surface area contributed by atoms with E-state index < -0.39 is 18.1 Å². The summed E-state index contributed by atoms with van der Waals surface area (Å²) >= 11 is 1.43. The second-order valence-corrected chi connectivity index (χ2v) is 5.28. The van der Waals surface area contributed by atoms with Gasteiger partial charge in [-0.2, -0.15) is 11.8 Å². The number of rotatable bonds is 8. The van der Waals surface area contributed by atoms with Crippen molar-refractivity contribution in [1.82, 2.24) is 5.32 Å². The fourth-order valence-electron chi connectivity index (χ4n) is 1.43. The molecule has 1 aromatic rings. The molecule has 0 saturated carbocycles. The number of nitrogens with one attached hydrogen (secondary N) is 1. The molecular weight excluding hydrogens is 290 g/mol. The van der Waals surface area contributed by atoms with Gasteiger partial charge in [-0.1, -0.05) is 42.5 Å². The van der Waals surface area contributed by atoms with Crippen molar-refractivity contribution in [1.29, 1.82) is 0 Å². The number of carbonyl (C=O) groups is 2. The van der Waals surface area contributed by atoms with Crippen LogP contribution in [0.3, 0.4) is 0 Å². The highest BCUT2D eigenvalue weighted by atomic mass is 32.2. The average molecular weight is 309 g/mol. The first-order valence-corrected chi connectivity index (χ1v) is 7.68. The number of allylic oxidation sites excluding steroid dienone is 1. The van der Waals surface area contributed by atoms with E-state index in [0.717, 1.165) is 5.56 Å². The normalized spacial score (nSPS) is 12.0. The molecule has 5 nitrogen and oxygen atoms in total. The smallest absolute Gasteiger partial charge is 0.408 e. The van der Waals surface area contributed by atoms with Gasteiger partial charge in [-0.25, -0.2) is 9.59 Å². The van der Waals surface area contributed by atoms with Crippen LogP contribution in [0.25, 0.3) is 0 Å². The Labute approximate surface area is 128 Å². The molecule has 0 spiro atoms. The minimum atomic E-state index is -1.07. The number of carboxylic acids is 1. The first kappa shape index (κ1) is 17.1. The molecule has 1 rings (SSSR count). The summed E-state index contributed by atoms with van der Waals surface area (Å²) in [6, 6.07) is 8.25. The molecule has 0 radical (unpaired) electrons. The Balaban J connectivity index is 2.36. The molecule has 0 aliphatic carbocycles. The highest BCUT2D eigenvalue weighted by Gasteiger charge is 2.20. The van der Waals surface area contributed by atoms with Crippen molar-refractivity contribution in [2.24, 2.45) is 0 Å². The molecule has 0 aliphatic heterocycles. The van der Waals surface area contributed by atoms with Crippen molar-refractivity contribution in [2.45, 2.75) is 19.6 Å². The minimum Gasteiger partial charge on any atom is -0.480 e. The molecule has 0 bridgehead atoms. The lowest BCUT2D eigenvalue weighted by Gasteiger charge is -2.14. The third-order valence-corrected chi connectivity index (χ3v) is 3.53. The zero-order valence-corrected chi connectivity index (χ0v) is 12.6. The van der Waals surface area contributed by atoms with Crippen molar-refractivity contribution in [2.75, 3.05) is 11.5 Å². The summed E-state index contributed by atoms with van der Waals surface area (Å²) < 4.78 is 5.00. The number of carbonyl (C=O) groups excluding carboxylic acids is 1. The maximum Gasteiger partial charge on any atom is 0.408 e. The average Bonchev–Trinajstić information content (AvgIpc) is 2.49. The number of alkyl carbamates (subject to hydrolysis) is 1. The lowest BCUT2D eigenvalue weighted by Crippen LogP contribution is -2.42. The van der Waals surface area contributed by atoms with Crippen molar-refractivity contribution in [3.05, 3.63) is 48.0 Å². The molecule has 0 aliphatic rings. The van der Waals surface area contributed by atoms with Gasteiger partial charge >= 0.3 is 12.1 Å². The van der Waals surface area contributed by atoms with Crippen molar-refractivity contribution in [3.63, 3.8) is 0 Å². The van der Waals surface area contributed by atoms with Crippen LogP contribution in [0.15, 0.2) is 42.5 Å². The van der Waals surface area contributed by atoms with Crippen LogP contribution in [0.1, 0.15) is 12.5 Å². The van der Waals surface area contributed by atoms with E-state index in [9.17, 15) is 9.59 Å². The number of benzene rings is 1. The number of ether oxygens (including phenoxy) is 1. The van der Waals surface area contributed by atoms with Crippen molar-refractivity contribution >= 4 is 23.8 Å². The molecule has 1 aromatic carbocycles. The second kappa shape index (κ2) is 9.88. The largest absolute Gasteiger partial charge is 0.480 e. The second-order valence-electron chi connectivity index (χ2n) is 4.20. The molecule has 1 amide bonds. The molecule has 0 aromatic heterocycles. The van der Waals surface area contributed by atoms with Crippen LogP contribution in [0, 0.1) is 0 Å². The maximum absolute atomic E-state index is 11.6. The van der Waals surface area contributed by atoms with Crippen molar-refractivity contribution < 1.29 is 19.4 Å². The van der Waals surface area contributed by atoms with Crippen LogP contribution in [0.2, 0.25) is 0 Å². The highest BCUT2D eigenvalue weighted by Crippen LogP contribution is 2.05. The first-order valence-electron chi connectivity index (χ1n) is 6.52. The quantitative estimate of drug-likeness (QED) is 0.570. The molecule has 6 heteroatoms. The Hall–Kier alpha value is -1.95. The van der Waals surface area contributed by atoms with E-state index in [1.54, 1.807) is 0 Å². The van der Waals surface area contributed by atoms with Gasteiger partial charge in [0, 0.05) is 11.5 Å². The first-order chi connectivity index (χ1) is 10.1. The zero-order chi connectivity index (χ0) is 15.5. The third-order valence-electron chi connectivity index (χ3n) is 2.54. The van der Waals surface area contributed by atoms with Gasteiger partial charge in [0.2, 0.25) is 0 Å². The van der Waals surface area contributed by atoms with Crippen LogP contribution in [-0.4, -0.2) is 34.7 Å². The maximum atomic E-state index is 11.6. The van der Waals surface area contributed by atoms with E-state index in [1.165, 1.54) is 11.8 Å². The van der Waals surface area contributed by atoms with Crippen LogP contribution >= 0.6 is 11.8 Å². The molecule has 1 atom stereocenters. The Morgan fingerprint density at radius 3 is 2.71 bits per heavy atom. The monoisotopic (exact) mass is 309 g/mol. The van der Waals surface area contributed by atoms with Gasteiger partial charge in [-0.3, -0.25) is 0 Å². The summed E-state index contributed by atoms with van der Waals surface area (Å²) in [5.74, 6) is -0.0687. The number of carboxylic acid groups (broad SMARTS) is 1. The summed E-state index contributed by atoms with van der Waals surface area (Å²) in [6.07, 6.45) is 3.10. The molecule has 21 heavy (non-hydrogen) atoms.